The molecule has 0 bridgehead atoms. The molecule has 8 nitrogen and oxygen atoms in total. The van der Waals surface area contributed by atoms with E-state index in [0.717, 1.165) is 50.9 Å². The summed E-state index contributed by atoms with van der Waals surface area (Å²) in [5.74, 6) is 0.772. The van der Waals surface area contributed by atoms with Gasteiger partial charge in [0.1, 0.15) is 6.17 Å². The Morgan fingerprint density at radius 3 is 2.68 bits per heavy atom. The van der Waals surface area contributed by atoms with E-state index >= 15 is 0 Å². The minimum atomic E-state index is -0.0105. The number of hydrogen-bond acceptors (Lipinski definition) is 6. The molecule has 2 saturated heterocycles. The number of amides is 1. The van der Waals surface area contributed by atoms with E-state index in [9.17, 15) is 4.79 Å². The van der Waals surface area contributed by atoms with E-state index in [1.807, 2.05) is 4.80 Å². The second kappa shape index (κ2) is 6.10. The molecule has 3 aliphatic heterocycles. The lowest BCUT2D eigenvalue weighted by Gasteiger charge is -2.40. The summed E-state index contributed by atoms with van der Waals surface area (Å²) in [6.07, 6.45) is 10.8. The number of aromatic nitrogens is 3. The maximum absolute atomic E-state index is 12.4. The minimum absolute atomic E-state index is 0.0105. The number of fused-ring (bicyclic) bond motifs is 3. The van der Waals surface area contributed by atoms with E-state index in [1.165, 1.54) is 0 Å². The van der Waals surface area contributed by atoms with Crippen molar-refractivity contribution in [3.63, 3.8) is 0 Å². The van der Waals surface area contributed by atoms with Crippen LogP contribution in [0, 0.1) is 11.8 Å². The van der Waals surface area contributed by atoms with Crippen LogP contribution in [0.3, 0.4) is 0 Å². The van der Waals surface area contributed by atoms with E-state index in [-0.39, 0.29) is 24.0 Å². The first-order valence-corrected chi connectivity index (χ1v) is 9.45. The lowest BCUT2D eigenvalue weighted by atomic mass is 9.79. The van der Waals surface area contributed by atoms with Gasteiger partial charge in [-0.1, -0.05) is 0 Å². The summed E-state index contributed by atoms with van der Waals surface area (Å²) in [6, 6.07) is 0.585. The van der Waals surface area contributed by atoms with Gasteiger partial charge >= 0.3 is 0 Å². The Balaban J connectivity index is 1.46. The number of piperidine rings is 1. The molecule has 134 valence electrons. The first-order chi connectivity index (χ1) is 12.3. The first-order valence-electron chi connectivity index (χ1n) is 9.45. The van der Waals surface area contributed by atoms with Gasteiger partial charge in [0.25, 0.3) is 0 Å². The highest BCUT2D eigenvalue weighted by Crippen LogP contribution is 2.43. The largest absolute Gasteiger partial charge is 0.331 e. The van der Waals surface area contributed by atoms with Crippen molar-refractivity contribution in [3.05, 3.63) is 24.2 Å². The lowest BCUT2D eigenvalue weighted by molar-refractivity contribution is -0.120. The van der Waals surface area contributed by atoms with Crippen LogP contribution in [0.1, 0.15) is 38.1 Å². The van der Waals surface area contributed by atoms with Crippen LogP contribution >= 0.6 is 0 Å². The molecule has 25 heavy (non-hydrogen) atoms. The van der Waals surface area contributed by atoms with E-state index in [1.54, 1.807) is 18.5 Å². The average molecular weight is 343 g/mol. The highest BCUT2D eigenvalue weighted by atomic mass is 16.2. The second-order valence-corrected chi connectivity index (χ2v) is 7.58. The number of nitrogens with zero attached hydrogens (tertiary/aromatic N) is 4. The average Bonchev–Trinajstić information content (AvgIpc) is 3.29. The number of nitrogens with one attached hydrogen (secondary N) is 3. The summed E-state index contributed by atoms with van der Waals surface area (Å²) in [4.78, 5) is 14.3. The van der Waals surface area contributed by atoms with Crippen molar-refractivity contribution in [2.24, 2.45) is 11.8 Å². The molecule has 1 aromatic heterocycles. The Morgan fingerprint density at radius 1 is 1.08 bits per heavy atom. The van der Waals surface area contributed by atoms with Gasteiger partial charge in [-0.25, -0.2) is 5.43 Å². The van der Waals surface area contributed by atoms with E-state index in [4.69, 9.17) is 0 Å². The molecule has 0 aromatic carbocycles. The highest BCUT2D eigenvalue weighted by Gasteiger charge is 2.51. The van der Waals surface area contributed by atoms with Gasteiger partial charge in [-0.2, -0.15) is 15.0 Å². The molecular weight excluding hydrogens is 318 g/mol. The summed E-state index contributed by atoms with van der Waals surface area (Å²) < 4.78 is 0. The fraction of sp³-hybridized carbons (Fsp3) is 0.706. The molecule has 1 saturated carbocycles. The predicted molar refractivity (Wildman–Crippen MR) is 90.8 cm³/mol. The molecule has 5 rings (SSSR count). The number of rotatable bonds is 2. The van der Waals surface area contributed by atoms with Crippen molar-refractivity contribution in [2.75, 3.05) is 13.1 Å². The van der Waals surface area contributed by atoms with Gasteiger partial charge in [0.2, 0.25) is 5.91 Å². The number of allylic oxidation sites excluding steroid dienone is 1. The quantitative estimate of drug-likeness (QED) is 0.708. The zero-order valence-electron chi connectivity index (χ0n) is 14.3. The van der Waals surface area contributed by atoms with Gasteiger partial charge in [-0.15, -0.1) is 0 Å². The van der Waals surface area contributed by atoms with Gasteiger partial charge in [0, 0.05) is 29.7 Å². The molecule has 4 aliphatic rings. The Hall–Kier alpha value is -1.93. The maximum Gasteiger partial charge on any atom is 0.247 e. The van der Waals surface area contributed by atoms with Gasteiger partial charge in [0.05, 0.1) is 18.4 Å². The van der Waals surface area contributed by atoms with Crippen LogP contribution in [-0.4, -0.2) is 51.2 Å². The van der Waals surface area contributed by atoms with Crippen LogP contribution in [0.5, 0.6) is 0 Å². The zero-order valence-corrected chi connectivity index (χ0v) is 14.3. The van der Waals surface area contributed by atoms with Gasteiger partial charge in [-0.05, 0) is 45.2 Å². The molecule has 4 unspecified atom stereocenters. The van der Waals surface area contributed by atoms with E-state index < -0.39 is 0 Å². The molecule has 3 fully saturated rings. The van der Waals surface area contributed by atoms with E-state index in [0.29, 0.717) is 12.0 Å². The first kappa shape index (κ1) is 15.3. The van der Waals surface area contributed by atoms with Crippen molar-refractivity contribution in [1.82, 2.24) is 36.1 Å². The summed E-state index contributed by atoms with van der Waals surface area (Å²) in [6.45, 7) is 2.05. The number of carbonyl (C=O) groups excluding carboxylic acids is 1. The van der Waals surface area contributed by atoms with Crippen LogP contribution in [0.25, 0.3) is 0 Å². The fourth-order valence-electron chi connectivity index (χ4n) is 5.10. The summed E-state index contributed by atoms with van der Waals surface area (Å²) in [5.41, 5.74) is 4.88. The molecule has 4 heterocycles. The third-order valence-electron chi connectivity index (χ3n) is 6.21. The Morgan fingerprint density at radius 2 is 1.88 bits per heavy atom. The molecule has 1 aromatic rings. The van der Waals surface area contributed by atoms with Crippen molar-refractivity contribution in [3.8, 4) is 0 Å². The van der Waals surface area contributed by atoms with Crippen LogP contribution in [0.2, 0.25) is 0 Å². The lowest BCUT2D eigenvalue weighted by Crippen LogP contribution is -2.55. The summed E-state index contributed by atoms with van der Waals surface area (Å²) in [5, 5.41) is 17.7. The standard InChI is InChI=1S/C17H25N7O/c25-15-10-14(11-4-6-18-7-5-11)23-17(21-15)16-12(22-23)2-1-3-13(16)24-19-8-9-20-24/h8-13,16-18,22H,1-7H2,(H,21,25). The van der Waals surface area contributed by atoms with Gasteiger partial charge in [0.15, 0.2) is 0 Å². The SMILES string of the molecule is O=C1C=C(C2CCNCC2)N2NC3CCCC(n4nccn4)C3C2N1. The van der Waals surface area contributed by atoms with Crippen LogP contribution in [-0.2, 0) is 4.79 Å². The van der Waals surface area contributed by atoms with Crippen molar-refractivity contribution in [2.45, 2.75) is 50.4 Å². The monoisotopic (exact) mass is 343 g/mol. The molecule has 1 aliphatic carbocycles. The molecule has 8 heteroatoms. The predicted octanol–water partition coefficient (Wildman–Crippen LogP) is 0.148. The van der Waals surface area contributed by atoms with Crippen LogP contribution in [0.15, 0.2) is 24.2 Å². The second-order valence-electron chi connectivity index (χ2n) is 7.58. The molecule has 1 amide bonds. The smallest absolute Gasteiger partial charge is 0.247 e. The number of carbonyl (C=O) groups is 1. The highest BCUT2D eigenvalue weighted by molar-refractivity contribution is 5.89. The molecule has 0 radical (unpaired) electrons. The van der Waals surface area contributed by atoms with Crippen molar-refractivity contribution in [1.29, 1.82) is 0 Å². The topological polar surface area (TPSA) is 87.1 Å². The third kappa shape index (κ3) is 2.55. The maximum atomic E-state index is 12.4. The normalized spacial score (nSPS) is 35.8. The zero-order chi connectivity index (χ0) is 16.8. The Kier molecular flexibility index (Phi) is 3.74. The van der Waals surface area contributed by atoms with Gasteiger partial charge in [-0.3, -0.25) is 9.80 Å². The Labute approximate surface area is 147 Å². The van der Waals surface area contributed by atoms with Crippen molar-refractivity contribution < 1.29 is 4.79 Å². The number of hydrazine groups is 1. The molecule has 3 N–H and O–H groups in total. The third-order valence-corrected chi connectivity index (χ3v) is 6.21. The number of hydrogen-bond donors (Lipinski definition) is 3. The summed E-state index contributed by atoms with van der Waals surface area (Å²) in [7, 11) is 0. The fourth-order valence-corrected chi connectivity index (χ4v) is 5.10. The van der Waals surface area contributed by atoms with E-state index in [2.05, 4.69) is 31.3 Å². The van der Waals surface area contributed by atoms with Crippen LogP contribution in [0.4, 0.5) is 0 Å². The summed E-state index contributed by atoms with van der Waals surface area (Å²) >= 11 is 0. The molecule has 4 atom stereocenters. The van der Waals surface area contributed by atoms with Crippen LogP contribution < -0.4 is 16.1 Å². The Bertz CT molecular complexity index is 667. The molecular formula is C17H25N7O. The van der Waals surface area contributed by atoms with Crippen molar-refractivity contribution >= 4 is 5.91 Å². The molecule has 0 spiro atoms. The van der Waals surface area contributed by atoms with Gasteiger partial charge < -0.3 is 10.6 Å². The minimum Gasteiger partial charge on any atom is -0.331 e.